The second kappa shape index (κ2) is 13.7. The minimum atomic E-state index is 0.0301. The second-order valence-corrected chi connectivity index (χ2v) is 21.5. The molecule has 12 rings (SSSR count). The van der Waals surface area contributed by atoms with Crippen LogP contribution in [-0.4, -0.2) is 10.6 Å². The number of nitriles is 1. The molecule has 1 aliphatic carbocycles. The third-order valence-corrected chi connectivity index (χ3v) is 15.7. The lowest BCUT2D eigenvalue weighted by atomic mass is 9.85. The van der Waals surface area contributed by atoms with Gasteiger partial charge in [0, 0.05) is 69.4 Å². The van der Waals surface area contributed by atoms with E-state index in [1.54, 1.807) is 0 Å². The third kappa shape index (κ3) is 5.94. The Hall–Kier alpha value is -6.52. The quantitative estimate of drug-likeness (QED) is 0.177. The van der Waals surface area contributed by atoms with Gasteiger partial charge in [0.1, 0.15) is 0 Å². The molecule has 3 aliphatic rings. The number of aromatic nitrogens is 1. The first kappa shape index (κ1) is 38.2. The fraction of sp³-hybridized carbons (Fsp3) is 0.175. The van der Waals surface area contributed by atoms with Crippen molar-refractivity contribution in [3.05, 3.63) is 180 Å². The van der Waals surface area contributed by atoms with E-state index < -0.39 is 0 Å². The molecule has 7 aromatic carbocycles. The van der Waals surface area contributed by atoms with Crippen LogP contribution in [0.25, 0.3) is 47.7 Å². The van der Waals surface area contributed by atoms with Crippen LogP contribution in [0, 0.1) is 11.3 Å². The van der Waals surface area contributed by atoms with Crippen molar-refractivity contribution in [1.82, 2.24) is 4.57 Å². The fourth-order valence-electron chi connectivity index (χ4n) is 10.2. The topological polar surface area (TPSA) is 35.2 Å². The zero-order valence-corrected chi connectivity index (χ0v) is 37.9. The molecule has 0 fully saturated rings. The highest BCUT2D eigenvalue weighted by atomic mass is 32.2. The van der Waals surface area contributed by atoms with Crippen LogP contribution in [0.15, 0.2) is 168 Å². The maximum atomic E-state index is 9.84. The average Bonchev–Trinajstić information content (AvgIpc) is 3.94. The van der Waals surface area contributed by atoms with E-state index in [-0.39, 0.29) is 22.8 Å². The molecule has 63 heavy (non-hydrogen) atoms. The van der Waals surface area contributed by atoms with Gasteiger partial charge in [0.05, 0.1) is 40.1 Å². The van der Waals surface area contributed by atoms with Crippen molar-refractivity contribution in [1.29, 1.82) is 5.26 Å². The van der Waals surface area contributed by atoms with Gasteiger partial charge in [-0.25, -0.2) is 0 Å². The molecule has 0 saturated heterocycles. The van der Waals surface area contributed by atoms with Gasteiger partial charge < -0.3 is 14.4 Å². The Morgan fingerprint density at radius 1 is 0.540 bits per heavy atom. The van der Waals surface area contributed by atoms with E-state index in [1.165, 1.54) is 79.8 Å². The van der Waals surface area contributed by atoms with Crippen molar-refractivity contribution < 1.29 is 0 Å². The van der Waals surface area contributed by atoms with Crippen molar-refractivity contribution in [2.24, 2.45) is 0 Å². The molecule has 2 aromatic heterocycles. The van der Waals surface area contributed by atoms with Crippen LogP contribution in [0.5, 0.6) is 0 Å². The molecule has 6 heteroatoms. The Morgan fingerprint density at radius 3 is 1.86 bits per heavy atom. The van der Waals surface area contributed by atoms with Crippen molar-refractivity contribution in [2.45, 2.75) is 74.1 Å². The second-order valence-electron chi connectivity index (χ2n) is 19.4. The highest BCUT2D eigenvalue weighted by Crippen LogP contribution is 2.56. The molecule has 0 radical (unpaired) electrons. The Morgan fingerprint density at radius 2 is 1.16 bits per heavy atom. The summed E-state index contributed by atoms with van der Waals surface area (Å²) < 4.78 is 5.08. The number of fused-ring (bicyclic) bond motifs is 11. The van der Waals surface area contributed by atoms with Gasteiger partial charge in [-0.1, -0.05) is 108 Å². The van der Waals surface area contributed by atoms with Crippen LogP contribution in [0.3, 0.4) is 0 Å². The maximum absolute atomic E-state index is 9.84. The van der Waals surface area contributed by atoms with Crippen LogP contribution in [0.2, 0.25) is 0 Å². The van der Waals surface area contributed by atoms with E-state index in [4.69, 9.17) is 0 Å². The largest absolute Gasteiger partial charge is 0.333 e. The number of rotatable bonds is 3. The van der Waals surface area contributed by atoms with Gasteiger partial charge in [-0.05, 0) is 131 Å². The zero-order chi connectivity index (χ0) is 42.9. The molecule has 0 amide bonds. The van der Waals surface area contributed by atoms with Gasteiger partial charge in [0.15, 0.2) is 0 Å². The molecular weight excluding hydrogens is 805 g/mol. The third-order valence-electron chi connectivity index (χ3n) is 13.4. The average molecular weight is 851 g/mol. The Balaban J connectivity index is 1.05. The molecule has 9 aromatic rings. The van der Waals surface area contributed by atoms with E-state index in [1.807, 2.05) is 29.2 Å². The van der Waals surface area contributed by atoms with Gasteiger partial charge in [-0.3, -0.25) is 0 Å². The summed E-state index contributed by atoms with van der Waals surface area (Å²) in [5.74, 6) is 0.180. The highest BCUT2D eigenvalue weighted by molar-refractivity contribution is 7.99. The molecule has 306 valence electrons. The Kier molecular flexibility index (Phi) is 8.33. The lowest BCUT2D eigenvalue weighted by molar-refractivity contribution is 0.590. The lowest BCUT2D eigenvalue weighted by Crippen LogP contribution is -2.28. The summed E-state index contributed by atoms with van der Waals surface area (Å²) in [4.78, 5) is 7.35. The molecule has 2 unspecified atom stereocenters. The lowest BCUT2D eigenvalue weighted by Gasteiger charge is -2.35. The first-order valence-corrected chi connectivity index (χ1v) is 23.5. The van der Waals surface area contributed by atoms with E-state index in [9.17, 15) is 5.26 Å². The SMILES string of the molecule is CC(C)(C)c1ccc2c(c1)c1cc(C(C)(C)C)ccc1n2-c1ccc2c(c1)Sc1cc(N3c4ccc(C#N)cc4C4C=CC=CC43)ccc1N2c1ccc2sc3ccccc3c2c1. The van der Waals surface area contributed by atoms with Gasteiger partial charge in [0.25, 0.3) is 0 Å². The molecule has 0 N–H and O–H groups in total. The smallest absolute Gasteiger partial charge is 0.0991 e. The fourth-order valence-corrected chi connectivity index (χ4v) is 12.4. The number of anilines is 5. The van der Waals surface area contributed by atoms with Crippen LogP contribution in [-0.2, 0) is 10.8 Å². The van der Waals surface area contributed by atoms with Crippen LogP contribution >= 0.6 is 23.1 Å². The Bertz CT molecular complexity index is 3440. The van der Waals surface area contributed by atoms with E-state index in [0.717, 1.165) is 22.7 Å². The summed E-state index contributed by atoms with van der Waals surface area (Å²) in [5.41, 5.74) is 14.0. The minimum absolute atomic E-state index is 0.0301. The minimum Gasteiger partial charge on any atom is -0.333 e. The van der Waals surface area contributed by atoms with E-state index in [0.29, 0.717) is 5.56 Å². The monoisotopic (exact) mass is 850 g/mol. The number of thiophene rings is 1. The number of hydrogen-bond acceptors (Lipinski definition) is 5. The highest BCUT2D eigenvalue weighted by Gasteiger charge is 2.38. The van der Waals surface area contributed by atoms with E-state index in [2.05, 4.69) is 214 Å². The molecule has 4 nitrogen and oxygen atoms in total. The standard InChI is InChI=1S/C57H46N4S2/c1-56(2,3)35-16-22-48-43(28-35)44-29-36(57(4,5)6)17-23-49(44)60(48)39-19-25-51-55(32-39)63-54-31-38(59-46-13-9-7-11-40(46)42-27-34(33-58)15-21-47(42)59)18-24-50(54)61(51)37-20-26-53-45(30-37)41-12-8-10-14-52(41)62-53/h7-32,40,46H,1-6H3. The number of benzene rings is 7. The summed E-state index contributed by atoms with van der Waals surface area (Å²) in [6.45, 7) is 13.8. The summed E-state index contributed by atoms with van der Waals surface area (Å²) in [7, 11) is 0. The molecule has 0 spiro atoms. The summed E-state index contributed by atoms with van der Waals surface area (Å²) in [6, 6.07) is 52.6. The number of nitrogens with zero attached hydrogens (tertiary/aromatic N) is 4. The molecule has 2 aliphatic heterocycles. The predicted molar refractivity (Wildman–Crippen MR) is 268 cm³/mol. The predicted octanol–water partition coefficient (Wildman–Crippen LogP) is 16.3. The maximum Gasteiger partial charge on any atom is 0.0991 e. The van der Waals surface area contributed by atoms with Crippen LogP contribution < -0.4 is 9.80 Å². The first-order chi connectivity index (χ1) is 30.4. The van der Waals surface area contributed by atoms with Crippen molar-refractivity contribution >= 4 is 93.5 Å². The van der Waals surface area contributed by atoms with Crippen molar-refractivity contribution in [3.63, 3.8) is 0 Å². The summed E-state index contributed by atoms with van der Waals surface area (Å²) >= 11 is 3.71. The van der Waals surface area contributed by atoms with Crippen LogP contribution in [0.1, 0.15) is 69.7 Å². The van der Waals surface area contributed by atoms with E-state index >= 15 is 0 Å². The molecular formula is C57H46N4S2. The van der Waals surface area contributed by atoms with Crippen LogP contribution in [0.4, 0.5) is 28.4 Å². The first-order valence-electron chi connectivity index (χ1n) is 21.9. The summed E-state index contributed by atoms with van der Waals surface area (Å²) in [5, 5.41) is 15.0. The van der Waals surface area contributed by atoms with Gasteiger partial charge in [-0.2, -0.15) is 5.26 Å². The number of allylic oxidation sites excluding steroid dienone is 2. The molecule has 2 atom stereocenters. The molecule has 0 bridgehead atoms. The van der Waals surface area contributed by atoms with Gasteiger partial charge >= 0.3 is 0 Å². The number of hydrogen-bond donors (Lipinski definition) is 0. The molecule has 4 heterocycles. The Labute approximate surface area is 377 Å². The van der Waals surface area contributed by atoms with Gasteiger partial charge in [-0.15, -0.1) is 11.3 Å². The van der Waals surface area contributed by atoms with Crippen molar-refractivity contribution in [3.8, 4) is 11.8 Å². The molecule has 0 saturated carbocycles. The zero-order valence-electron chi connectivity index (χ0n) is 36.3. The van der Waals surface area contributed by atoms with Crippen molar-refractivity contribution in [2.75, 3.05) is 9.80 Å². The summed E-state index contributed by atoms with van der Waals surface area (Å²) in [6.07, 6.45) is 8.88. The van der Waals surface area contributed by atoms with Gasteiger partial charge in [0.2, 0.25) is 0 Å². The normalized spacial score (nSPS) is 16.8.